The molecule has 0 radical (unpaired) electrons. The van der Waals surface area contributed by atoms with Crippen molar-refractivity contribution in [1.29, 1.82) is 0 Å². The molecule has 1 N–H and O–H groups in total. The zero-order valence-electron chi connectivity index (χ0n) is 11.6. The monoisotopic (exact) mass is 301 g/mol. The van der Waals surface area contributed by atoms with Gasteiger partial charge in [-0.2, -0.15) is 0 Å². The molecule has 0 amide bonds. The third-order valence-corrected chi connectivity index (χ3v) is 5.05. The number of nitrogens with one attached hydrogen (secondary N) is 1. The molecule has 2 heterocycles. The molecule has 1 unspecified atom stereocenters. The van der Waals surface area contributed by atoms with Gasteiger partial charge in [0, 0.05) is 29.9 Å². The van der Waals surface area contributed by atoms with Crippen LogP contribution in [0.1, 0.15) is 24.0 Å². The van der Waals surface area contributed by atoms with Crippen molar-refractivity contribution in [3.63, 3.8) is 0 Å². The third-order valence-electron chi connectivity index (χ3n) is 3.00. The second-order valence-corrected chi connectivity index (χ2v) is 8.03. The molecule has 0 bridgehead atoms. The number of aromatic nitrogens is 2. The van der Waals surface area contributed by atoms with Gasteiger partial charge >= 0.3 is 0 Å². The molecule has 1 atom stereocenters. The van der Waals surface area contributed by atoms with E-state index in [0.717, 1.165) is 22.0 Å². The molecule has 0 saturated carbocycles. The Morgan fingerprint density at radius 2 is 2.16 bits per heavy atom. The van der Waals surface area contributed by atoms with Gasteiger partial charge in [0.15, 0.2) is 4.96 Å². The molecule has 0 saturated heterocycles. The molecule has 0 aliphatic rings. The fourth-order valence-electron chi connectivity index (χ4n) is 2.16. The van der Waals surface area contributed by atoms with Crippen molar-refractivity contribution in [3.05, 3.63) is 22.5 Å². The molecule has 2 aromatic heterocycles. The first-order valence-electron chi connectivity index (χ1n) is 6.11. The van der Waals surface area contributed by atoms with Crippen LogP contribution in [0.5, 0.6) is 0 Å². The predicted molar refractivity (Wildman–Crippen MR) is 78.6 cm³/mol. The average Bonchev–Trinajstić information content (AvgIpc) is 2.74. The van der Waals surface area contributed by atoms with E-state index < -0.39 is 9.84 Å². The van der Waals surface area contributed by atoms with Crippen LogP contribution in [0.3, 0.4) is 0 Å². The van der Waals surface area contributed by atoms with Gasteiger partial charge in [-0.3, -0.25) is 4.40 Å². The molecule has 2 rings (SSSR count). The van der Waals surface area contributed by atoms with Crippen molar-refractivity contribution < 1.29 is 8.42 Å². The van der Waals surface area contributed by atoms with Gasteiger partial charge in [0.1, 0.15) is 9.84 Å². The molecule has 0 fully saturated rings. The van der Waals surface area contributed by atoms with Crippen LogP contribution >= 0.6 is 11.3 Å². The Labute approximate surface area is 117 Å². The van der Waals surface area contributed by atoms with Gasteiger partial charge in [-0.15, -0.1) is 11.3 Å². The van der Waals surface area contributed by atoms with E-state index in [9.17, 15) is 8.42 Å². The van der Waals surface area contributed by atoms with Crippen LogP contribution in [0.25, 0.3) is 4.96 Å². The highest BCUT2D eigenvalue weighted by Crippen LogP contribution is 2.20. The molecule has 7 heteroatoms. The number of imidazole rings is 1. The zero-order valence-corrected chi connectivity index (χ0v) is 13.2. The number of aryl methyl sites for hydroxylation is 2. The molecule has 19 heavy (non-hydrogen) atoms. The summed E-state index contributed by atoms with van der Waals surface area (Å²) < 4.78 is 24.6. The lowest BCUT2D eigenvalue weighted by Gasteiger charge is -2.13. The van der Waals surface area contributed by atoms with Gasteiger partial charge in [0.05, 0.1) is 17.1 Å². The fraction of sp³-hybridized carbons (Fsp3) is 0.583. The number of rotatable bonds is 5. The van der Waals surface area contributed by atoms with Crippen LogP contribution in [-0.2, 0) is 16.4 Å². The van der Waals surface area contributed by atoms with Crippen molar-refractivity contribution in [3.8, 4) is 0 Å². The molecule has 0 aromatic carbocycles. The smallest absolute Gasteiger partial charge is 0.194 e. The Balaban J connectivity index is 2.13. The number of sulfone groups is 1. The van der Waals surface area contributed by atoms with Crippen molar-refractivity contribution in [2.45, 2.75) is 33.4 Å². The number of thiazole rings is 1. The zero-order chi connectivity index (χ0) is 14.2. The minimum atomic E-state index is -2.95. The van der Waals surface area contributed by atoms with Crippen LogP contribution in [-0.4, -0.2) is 35.9 Å². The number of hydrogen-bond donors (Lipinski definition) is 1. The van der Waals surface area contributed by atoms with Gasteiger partial charge in [0.2, 0.25) is 0 Å². The molecular formula is C12H19N3O2S2. The molecule has 5 nitrogen and oxygen atoms in total. The molecule has 2 aromatic rings. The first-order chi connectivity index (χ1) is 8.78. The second kappa shape index (κ2) is 5.22. The second-order valence-electron chi connectivity index (χ2n) is 5.01. The Hall–Kier alpha value is -0.920. The summed E-state index contributed by atoms with van der Waals surface area (Å²) in [6, 6.07) is -0.0705. The summed E-state index contributed by atoms with van der Waals surface area (Å²) >= 11 is 1.62. The van der Waals surface area contributed by atoms with Crippen LogP contribution in [0.15, 0.2) is 5.38 Å². The maximum Gasteiger partial charge on any atom is 0.194 e. The Morgan fingerprint density at radius 1 is 1.47 bits per heavy atom. The Bertz CT molecular complexity index is 685. The van der Waals surface area contributed by atoms with E-state index in [1.54, 1.807) is 11.3 Å². The van der Waals surface area contributed by atoms with Crippen LogP contribution in [0.2, 0.25) is 0 Å². The van der Waals surface area contributed by atoms with Crippen LogP contribution in [0, 0.1) is 13.8 Å². The minimum absolute atomic E-state index is 0.0705. The topological polar surface area (TPSA) is 63.5 Å². The fourth-order valence-corrected chi connectivity index (χ4v) is 4.12. The summed E-state index contributed by atoms with van der Waals surface area (Å²) in [4.78, 5) is 5.50. The first kappa shape index (κ1) is 14.5. The Kier molecular flexibility index (Phi) is 3.98. The van der Waals surface area contributed by atoms with Gasteiger partial charge in [-0.1, -0.05) is 0 Å². The van der Waals surface area contributed by atoms with E-state index in [4.69, 9.17) is 0 Å². The van der Waals surface area contributed by atoms with Crippen LogP contribution in [0.4, 0.5) is 0 Å². The highest BCUT2D eigenvalue weighted by molar-refractivity contribution is 7.90. The Morgan fingerprint density at radius 3 is 2.79 bits per heavy atom. The predicted octanol–water partition coefficient (Wildman–Crippen LogP) is 1.54. The summed E-state index contributed by atoms with van der Waals surface area (Å²) in [7, 11) is -2.95. The maximum atomic E-state index is 11.2. The number of hydrogen-bond acceptors (Lipinski definition) is 5. The van der Waals surface area contributed by atoms with E-state index in [-0.39, 0.29) is 11.8 Å². The van der Waals surface area contributed by atoms with E-state index >= 15 is 0 Å². The molecule has 0 aliphatic heterocycles. The van der Waals surface area contributed by atoms with E-state index in [2.05, 4.69) is 20.1 Å². The van der Waals surface area contributed by atoms with E-state index in [0.29, 0.717) is 6.54 Å². The lowest BCUT2D eigenvalue weighted by molar-refractivity contribution is 0.554. The normalized spacial score (nSPS) is 14.1. The van der Waals surface area contributed by atoms with Gasteiger partial charge in [-0.25, -0.2) is 13.4 Å². The first-order valence-corrected chi connectivity index (χ1v) is 9.05. The summed E-state index contributed by atoms with van der Waals surface area (Å²) in [6.07, 6.45) is 1.26. The number of nitrogens with zero attached hydrogens (tertiary/aromatic N) is 2. The summed E-state index contributed by atoms with van der Waals surface area (Å²) in [5.74, 6) is 0.149. The van der Waals surface area contributed by atoms with Gasteiger partial charge < -0.3 is 5.32 Å². The van der Waals surface area contributed by atoms with Crippen molar-refractivity contribution in [2.24, 2.45) is 0 Å². The molecule has 0 spiro atoms. The third kappa shape index (κ3) is 3.34. The lowest BCUT2D eigenvalue weighted by atomic mass is 10.3. The summed E-state index contributed by atoms with van der Waals surface area (Å²) in [5.41, 5.74) is 3.26. The quantitative estimate of drug-likeness (QED) is 0.910. The molecular weight excluding hydrogens is 282 g/mol. The summed E-state index contributed by atoms with van der Waals surface area (Å²) in [6.45, 7) is 6.54. The highest BCUT2D eigenvalue weighted by atomic mass is 32.2. The van der Waals surface area contributed by atoms with Crippen molar-refractivity contribution in [1.82, 2.24) is 14.7 Å². The lowest BCUT2D eigenvalue weighted by Crippen LogP contribution is -2.32. The maximum absolute atomic E-state index is 11.2. The van der Waals surface area contributed by atoms with E-state index in [1.807, 2.05) is 20.8 Å². The van der Waals surface area contributed by atoms with E-state index in [1.165, 1.54) is 6.26 Å². The number of fused-ring (bicyclic) bond motifs is 1. The average molecular weight is 301 g/mol. The molecule has 106 valence electrons. The standard InChI is InChI=1S/C12H19N3O2S2/c1-8(7-19(4,16)17)13-5-11-10(3)14-12-15(11)9(2)6-18-12/h6,8,13H,5,7H2,1-4H3. The van der Waals surface area contributed by atoms with Gasteiger partial charge in [0.25, 0.3) is 0 Å². The molecule has 0 aliphatic carbocycles. The highest BCUT2D eigenvalue weighted by Gasteiger charge is 2.14. The van der Waals surface area contributed by atoms with Crippen molar-refractivity contribution >= 4 is 26.1 Å². The van der Waals surface area contributed by atoms with Gasteiger partial charge in [-0.05, 0) is 20.8 Å². The largest absolute Gasteiger partial charge is 0.308 e. The van der Waals surface area contributed by atoms with Crippen molar-refractivity contribution in [2.75, 3.05) is 12.0 Å². The minimum Gasteiger partial charge on any atom is -0.308 e. The summed E-state index contributed by atoms with van der Waals surface area (Å²) in [5, 5.41) is 5.33. The van der Waals surface area contributed by atoms with Crippen LogP contribution < -0.4 is 5.32 Å². The SMILES string of the molecule is Cc1nc2scc(C)n2c1CNC(C)CS(C)(=O)=O.